The summed E-state index contributed by atoms with van der Waals surface area (Å²) < 4.78 is 9.69. The summed E-state index contributed by atoms with van der Waals surface area (Å²) in [7, 11) is 4.83. The van der Waals surface area contributed by atoms with Gasteiger partial charge < -0.3 is 14.8 Å². The highest BCUT2D eigenvalue weighted by Gasteiger charge is 2.19. The van der Waals surface area contributed by atoms with Crippen molar-refractivity contribution in [3.8, 4) is 0 Å². The van der Waals surface area contributed by atoms with Gasteiger partial charge in [-0.25, -0.2) is 0 Å². The summed E-state index contributed by atoms with van der Waals surface area (Å²) in [5, 5.41) is 2.94. The van der Waals surface area contributed by atoms with Crippen molar-refractivity contribution < 1.29 is 14.3 Å². The van der Waals surface area contributed by atoms with E-state index in [1.807, 2.05) is 0 Å². The number of methoxy groups -OCH3 is 2. The number of carbonyl (C=O) groups excluding carboxylic acids is 1. The van der Waals surface area contributed by atoms with Crippen LogP contribution in [-0.4, -0.2) is 64.4 Å². The van der Waals surface area contributed by atoms with E-state index in [0.717, 1.165) is 13.1 Å². The summed E-state index contributed by atoms with van der Waals surface area (Å²) in [5.41, 5.74) is 0. The number of hydrogen-bond acceptors (Lipinski definition) is 5. The molecule has 0 radical (unpaired) electrons. The van der Waals surface area contributed by atoms with E-state index in [4.69, 9.17) is 9.47 Å². The summed E-state index contributed by atoms with van der Waals surface area (Å²) in [6, 6.07) is -0.271. The second kappa shape index (κ2) is 8.64. The summed E-state index contributed by atoms with van der Waals surface area (Å²) in [6.07, 6.45) is 0. The molecular formula is C10H22N2O3. The van der Waals surface area contributed by atoms with Gasteiger partial charge in [0, 0.05) is 20.2 Å². The zero-order valence-corrected chi connectivity index (χ0v) is 10.1. The normalized spacial score (nSPS) is 12.9. The Morgan fingerprint density at radius 2 is 2.13 bits per heavy atom. The van der Waals surface area contributed by atoms with Crippen molar-refractivity contribution in [1.29, 1.82) is 0 Å². The maximum atomic E-state index is 11.3. The largest absolute Gasteiger partial charge is 0.468 e. The number of ether oxygens (including phenoxy) is 2. The number of rotatable bonds is 8. The Kier molecular flexibility index (Phi) is 8.27. The van der Waals surface area contributed by atoms with E-state index in [0.29, 0.717) is 13.2 Å². The van der Waals surface area contributed by atoms with Gasteiger partial charge in [-0.15, -0.1) is 0 Å². The minimum absolute atomic E-state index is 0.228. The van der Waals surface area contributed by atoms with E-state index in [1.165, 1.54) is 7.11 Å². The summed E-state index contributed by atoms with van der Waals surface area (Å²) in [6.45, 7) is 5.08. The summed E-state index contributed by atoms with van der Waals surface area (Å²) in [5.74, 6) is -0.228. The van der Waals surface area contributed by atoms with Crippen LogP contribution in [0.25, 0.3) is 0 Å². The number of hydrogen-bond donors (Lipinski definition) is 1. The molecule has 1 unspecified atom stereocenters. The summed E-state index contributed by atoms with van der Waals surface area (Å²) in [4.78, 5) is 13.5. The van der Waals surface area contributed by atoms with Crippen molar-refractivity contribution in [2.45, 2.75) is 13.0 Å². The molecule has 0 bridgehead atoms. The van der Waals surface area contributed by atoms with E-state index in [9.17, 15) is 4.79 Å². The maximum absolute atomic E-state index is 11.3. The van der Waals surface area contributed by atoms with Gasteiger partial charge in [0.05, 0.1) is 13.7 Å². The van der Waals surface area contributed by atoms with Crippen LogP contribution >= 0.6 is 0 Å². The highest BCUT2D eigenvalue weighted by molar-refractivity contribution is 5.75. The third kappa shape index (κ3) is 5.71. The van der Waals surface area contributed by atoms with Crippen LogP contribution < -0.4 is 5.32 Å². The highest BCUT2D eigenvalue weighted by Crippen LogP contribution is 1.94. The van der Waals surface area contributed by atoms with Crippen LogP contribution in [0.1, 0.15) is 6.92 Å². The Labute approximate surface area is 91.7 Å². The van der Waals surface area contributed by atoms with Crippen LogP contribution in [-0.2, 0) is 14.3 Å². The molecule has 0 aromatic rings. The van der Waals surface area contributed by atoms with Crippen molar-refractivity contribution in [3.05, 3.63) is 0 Å². The first-order chi connectivity index (χ1) is 7.19. The minimum atomic E-state index is -0.271. The van der Waals surface area contributed by atoms with Crippen molar-refractivity contribution in [1.82, 2.24) is 10.2 Å². The first-order valence-corrected chi connectivity index (χ1v) is 5.15. The van der Waals surface area contributed by atoms with Crippen LogP contribution in [0.5, 0.6) is 0 Å². The molecule has 5 nitrogen and oxygen atoms in total. The second-order valence-electron chi connectivity index (χ2n) is 3.25. The van der Waals surface area contributed by atoms with Gasteiger partial charge in [0.2, 0.25) is 0 Å². The SMILES string of the molecule is CCN(CCOC)CC(NC)C(=O)OC. The Morgan fingerprint density at radius 1 is 1.47 bits per heavy atom. The zero-order valence-electron chi connectivity index (χ0n) is 10.1. The van der Waals surface area contributed by atoms with E-state index in [1.54, 1.807) is 14.2 Å². The first-order valence-electron chi connectivity index (χ1n) is 5.15. The Hall–Kier alpha value is -0.650. The molecule has 1 atom stereocenters. The second-order valence-corrected chi connectivity index (χ2v) is 3.25. The van der Waals surface area contributed by atoms with Gasteiger partial charge in [0.1, 0.15) is 6.04 Å². The van der Waals surface area contributed by atoms with E-state index >= 15 is 0 Å². The van der Waals surface area contributed by atoms with Gasteiger partial charge in [0.25, 0.3) is 0 Å². The Balaban J connectivity index is 4.05. The molecule has 90 valence electrons. The van der Waals surface area contributed by atoms with Crippen LogP contribution in [0, 0.1) is 0 Å². The number of nitrogens with zero attached hydrogens (tertiary/aromatic N) is 1. The lowest BCUT2D eigenvalue weighted by Gasteiger charge is -2.24. The number of esters is 1. The number of nitrogens with one attached hydrogen (secondary N) is 1. The smallest absolute Gasteiger partial charge is 0.324 e. The van der Waals surface area contributed by atoms with Crippen molar-refractivity contribution in [2.24, 2.45) is 0 Å². The molecule has 0 spiro atoms. The molecular weight excluding hydrogens is 196 g/mol. The molecule has 0 amide bonds. The molecule has 5 heteroatoms. The lowest BCUT2D eigenvalue weighted by Crippen LogP contribution is -2.46. The predicted octanol–water partition coefficient (Wildman–Crippen LogP) is -0.284. The fourth-order valence-corrected chi connectivity index (χ4v) is 1.28. The minimum Gasteiger partial charge on any atom is -0.468 e. The fraction of sp³-hybridized carbons (Fsp3) is 0.900. The van der Waals surface area contributed by atoms with Gasteiger partial charge in [-0.1, -0.05) is 6.92 Å². The van der Waals surface area contributed by atoms with Crippen LogP contribution in [0.2, 0.25) is 0 Å². The highest BCUT2D eigenvalue weighted by atomic mass is 16.5. The molecule has 0 rings (SSSR count). The Bertz CT molecular complexity index is 176. The molecule has 0 aliphatic carbocycles. The van der Waals surface area contributed by atoms with Crippen molar-refractivity contribution in [2.75, 3.05) is 47.5 Å². The van der Waals surface area contributed by atoms with Gasteiger partial charge in [-0.05, 0) is 13.6 Å². The molecule has 1 N–H and O–H groups in total. The van der Waals surface area contributed by atoms with Crippen molar-refractivity contribution in [3.63, 3.8) is 0 Å². The van der Waals surface area contributed by atoms with E-state index < -0.39 is 0 Å². The molecule has 0 aliphatic heterocycles. The maximum Gasteiger partial charge on any atom is 0.324 e. The summed E-state index contributed by atoms with van der Waals surface area (Å²) >= 11 is 0. The van der Waals surface area contributed by atoms with Gasteiger partial charge in [-0.2, -0.15) is 0 Å². The molecule has 0 aromatic carbocycles. The molecule has 0 fully saturated rings. The van der Waals surface area contributed by atoms with Gasteiger partial charge >= 0.3 is 5.97 Å². The fourth-order valence-electron chi connectivity index (χ4n) is 1.28. The predicted molar refractivity (Wildman–Crippen MR) is 58.9 cm³/mol. The standard InChI is InChI=1S/C10H22N2O3/c1-5-12(6-7-14-3)8-9(11-2)10(13)15-4/h9,11H,5-8H2,1-4H3. The van der Waals surface area contributed by atoms with Gasteiger partial charge in [0.15, 0.2) is 0 Å². The first kappa shape index (κ1) is 14.3. The third-order valence-corrected chi connectivity index (χ3v) is 2.33. The average Bonchev–Trinajstić information content (AvgIpc) is 2.28. The Morgan fingerprint density at radius 3 is 2.53 bits per heavy atom. The topological polar surface area (TPSA) is 50.8 Å². The molecule has 15 heavy (non-hydrogen) atoms. The molecule has 0 heterocycles. The molecule has 0 saturated carbocycles. The van der Waals surface area contributed by atoms with Crippen LogP contribution in [0.4, 0.5) is 0 Å². The van der Waals surface area contributed by atoms with Crippen molar-refractivity contribution >= 4 is 5.97 Å². The van der Waals surface area contributed by atoms with Gasteiger partial charge in [-0.3, -0.25) is 9.69 Å². The lowest BCUT2D eigenvalue weighted by molar-refractivity contribution is -0.143. The zero-order chi connectivity index (χ0) is 11.7. The lowest BCUT2D eigenvalue weighted by atomic mass is 10.2. The number of carbonyl (C=O) groups is 1. The third-order valence-electron chi connectivity index (χ3n) is 2.33. The molecule has 0 aliphatic rings. The number of likely N-dealkylation sites (N-methyl/N-ethyl adjacent to an activating group) is 2. The quantitative estimate of drug-likeness (QED) is 0.568. The molecule has 0 aromatic heterocycles. The average molecular weight is 218 g/mol. The van der Waals surface area contributed by atoms with Crippen LogP contribution in [0.3, 0.4) is 0 Å². The van der Waals surface area contributed by atoms with Crippen LogP contribution in [0.15, 0.2) is 0 Å². The van der Waals surface area contributed by atoms with E-state index in [2.05, 4.69) is 17.1 Å². The monoisotopic (exact) mass is 218 g/mol. The van der Waals surface area contributed by atoms with E-state index in [-0.39, 0.29) is 12.0 Å². The molecule has 0 saturated heterocycles.